The Bertz CT molecular complexity index is 293. The molecular weight excluding hydrogens is 172 g/mol. The molecule has 1 aliphatic rings. The number of hydrogen-bond donors (Lipinski definition) is 0. The second kappa shape index (κ2) is 3.39. The van der Waals surface area contributed by atoms with Crippen molar-refractivity contribution in [3.63, 3.8) is 0 Å². The first-order valence-corrected chi connectivity index (χ1v) is 5.13. The highest BCUT2D eigenvalue weighted by Crippen LogP contribution is 2.42. The summed E-state index contributed by atoms with van der Waals surface area (Å²) >= 11 is 0. The van der Waals surface area contributed by atoms with E-state index in [0.717, 1.165) is 6.61 Å². The normalized spacial score (nSPS) is 21.3. The monoisotopic (exact) mass is 189 g/mol. The second-order valence-corrected chi connectivity index (χ2v) is 4.85. The second-order valence-electron chi connectivity index (χ2n) is 4.85. The molecule has 0 aliphatic carbocycles. The van der Waals surface area contributed by atoms with Crippen LogP contribution in [0.25, 0.3) is 0 Å². The van der Waals surface area contributed by atoms with E-state index >= 15 is 0 Å². The minimum absolute atomic E-state index is 0.197. The molecule has 1 heteroatoms. The van der Waals surface area contributed by atoms with Crippen LogP contribution in [-0.4, -0.2) is 12.7 Å². The molecule has 1 fully saturated rings. The van der Waals surface area contributed by atoms with Crippen LogP contribution in [0, 0.1) is 11.3 Å². The highest BCUT2D eigenvalue weighted by Gasteiger charge is 2.41. The van der Waals surface area contributed by atoms with Gasteiger partial charge in [0.1, 0.15) is 0 Å². The van der Waals surface area contributed by atoms with Crippen LogP contribution in [-0.2, 0) is 4.74 Å². The molecule has 14 heavy (non-hydrogen) atoms. The van der Waals surface area contributed by atoms with Crippen LogP contribution in [0.4, 0.5) is 0 Å². The lowest BCUT2D eigenvalue weighted by atomic mass is 9.75. The molecule has 0 spiro atoms. The summed E-state index contributed by atoms with van der Waals surface area (Å²) in [7, 11) is 0. The van der Waals surface area contributed by atoms with Gasteiger partial charge in [0, 0.05) is 5.92 Å². The molecule has 1 saturated heterocycles. The van der Waals surface area contributed by atoms with Crippen LogP contribution in [0.1, 0.15) is 26.3 Å². The summed E-state index contributed by atoms with van der Waals surface area (Å²) in [5.74, 6) is 1.43. The Hall–Kier alpha value is -0.820. The van der Waals surface area contributed by atoms with E-state index in [-0.39, 0.29) is 5.41 Å². The van der Waals surface area contributed by atoms with Crippen LogP contribution in [0.2, 0.25) is 0 Å². The van der Waals surface area contributed by atoms with E-state index in [2.05, 4.69) is 51.1 Å². The summed E-state index contributed by atoms with van der Waals surface area (Å²) in [5, 5.41) is 0. The Morgan fingerprint density at radius 1 is 1.21 bits per heavy atom. The average molecular weight is 189 g/mol. The van der Waals surface area contributed by atoms with E-state index in [0.29, 0.717) is 6.10 Å². The molecule has 1 heterocycles. The molecule has 1 aliphatic heterocycles. The SMILES string of the molecule is CC(C)(C)[C](c1ccccc1)C1CO1. The maximum atomic E-state index is 5.41. The van der Waals surface area contributed by atoms with Gasteiger partial charge in [-0.1, -0.05) is 51.1 Å². The Labute approximate surface area is 86.1 Å². The fourth-order valence-corrected chi connectivity index (χ4v) is 1.93. The Balaban J connectivity index is 2.28. The molecule has 0 amide bonds. The summed E-state index contributed by atoms with van der Waals surface area (Å²) < 4.78 is 5.41. The average Bonchev–Trinajstić information content (AvgIpc) is 2.88. The summed E-state index contributed by atoms with van der Waals surface area (Å²) in [4.78, 5) is 0. The Kier molecular flexibility index (Phi) is 2.36. The van der Waals surface area contributed by atoms with Crippen molar-refractivity contribution in [3.8, 4) is 0 Å². The number of hydrogen-bond acceptors (Lipinski definition) is 1. The quantitative estimate of drug-likeness (QED) is 0.651. The van der Waals surface area contributed by atoms with Crippen molar-refractivity contribution < 1.29 is 4.74 Å². The van der Waals surface area contributed by atoms with Crippen LogP contribution in [0.15, 0.2) is 30.3 Å². The van der Waals surface area contributed by atoms with E-state index in [1.54, 1.807) is 0 Å². The molecule has 0 N–H and O–H groups in total. The van der Waals surface area contributed by atoms with Gasteiger partial charge in [-0.05, 0) is 11.0 Å². The van der Waals surface area contributed by atoms with Gasteiger partial charge in [0.15, 0.2) is 0 Å². The number of ether oxygens (including phenoxy) is 1. The first-order valence-electron chi connectivity index (χ1n) is 5.13. The van der Waals surface area contributed by atoms with Crippen LogP contribution < -0.4 is 0 Å². The van der Waals surface area contributed by atoms with Crippen molar-refractivity contribution in [2.45, 2.75) is 26.9 Å². The first kappa shape index (κ1) is 9.72. The lowest BCUT2D eigenvalue weighted by Gasteiger charge is -2.29. The molecular formula is C13H17O. The zero-order valence-electron chi connectivity index (χ0n) is 9.08. The zero-order valence-corrected chi connectivity index (χ0v) is 9.08. The zero-order chi connectivity index (χ0) is 10.2. The molecule has 0 saturated carbocycles. The molecule has 1 atom stereocenters. The van der Waals surface area contributed by atoms with Crippen LogP contribution in [0.5, 0.6) is 0 Å². The predicted molar refractivity (Wildman–Crippen MR) is 58.0 cm³/mol. The molecule has 1 radical (unpaired) electrons. The third kappa shape index (κ3) is 1.98. The Morgan fingerprint density at radius 2 is 1.79 bits per heavy atom. The number of epoxide rings is 1. The lowest BCUT2D eigenvalue weighted by molar-refractivity contribution is 0.346. The van der Waals surface area contributed by atoms with E-state index in [1.165, 1.54) is 11.5 Å². The van der Waals surface area contributed by atoms with Crippen molar-refractivity contribution in [2.75, 3.05) is 6.61 Å². The minimum atomic E-state index is 0.197. The third-order valence-corrected chi connectivity index (χ3v) is 2.55. The number of rotatable bonds is 2. The molecule has 1 aromatic carbocycles. The molecule has 1 aromatic rings. The molecule has 1 unspecified atom stereocenters. The van der Waals surface area contributed by atoms with Crippen LogP contribution >= 0.6 is 0 Å². The standard InChI is InChI=1S/C13H17O/c1-13(2,3)12(11-9-14-11)10-7-5-4-6-8-10/h4-8,11H,9H2,1-3H3. The molecule has 0 bridgehead atoms. The number of benzene rings is 1. The van der Waals surface area contributed by atoms with Gasteiger partial charge < -0.3 is 4.74 Å². The van der Waals surface area contributed by atoms with Gasteiger partial charge in [0.2, 0.25) is 0 Å². The van der Waals surface area contributed by atoms with Gasteiger partial charge >= 0.3 is 0 Å². The lowest BCUT2D eigenvalue weighted by Crippen LogP contribution is -2.24. The maximum absolute atomic E-state index is 5.41. The van der Waals surface area contributed by atoms with E-state index in [1.807, 2.05) is 0 Å². The van der Waals surface area contributed by atoms with Crippen molar-refractivity contribution in [1.82, 2.24) is 0 Å². The van der Waals surface area contributed by atoms with Crippen molar-refractivity contribution in [2.24, 2.45) is 5.41 Å². The highest BCUT2D eigenvalue weighted by atomic mass is 16.6. The summed E-state index contributed by atoms with van der Waals surface area (Å²) in [5.41, 5.74) is 1.52. The van der Waals surface area contributed by atoms with E-state index in [4.69, 9.17) is 4.74 Å². The fourth-order valence-electron chi connectivity index (χ4n) is 1.93. The van der Waals surface area contributed by atoms with Gasteiger partial charge in [-0.3, -0.25) is 0 Å². The van der Waals surface area contributed by atoms with Crippen LogP contribution in [0.3, 0.4) is 0 Å². The molecule has 0 aromatic heterocycles. The van der Waals surface area contributed by atoms with Crippen molar-refractivity contribution in [1.29, 1.82) is 0 Å². The summed E-state index contributed by atoms with van der Waals surface area (Å²) in [6.07, 6.45) is 0.359. The largest absolute Gasteiger partial charge is 0.372 e. The van der Waals surface area contributed by atoms with E-state index < -0.39 is 0 Å². The smallest absolute Gasteiger partial charge is 0.0921 e. The molecule has 2 rings (SSSR count). The minimum Gasteiger partial charge on any atom is -0.372 e. The molecule has 1 nitrogen and oxygen atoms in total. The topological polar surface area (TPSA) is 12.5 Å². The predicted octanol–water partition coefficient (Wildman–Crippen LogP) is 3.05. The fraction of sp³-hybridized carbons (Fsp3) is 0.462. The Morgan fingerprint density at radius 3 is 2.21 bits per heavy atom. The maximum Gasteiger partial charge on any atom is 0.0921 e. The molecule has 75 valence electrons. The van der Waals surface area contributed by atoms with Gasteiger partial charge in [-0.15, -0.1) is 0 Å². The van der Waals surface area contributed by atoms with Crippen molar-refractivity contribution in [3.05, 3.63) is 41.8 Å². The third-order valence-electron chi connectivity index (χ3n) is 2.55. The van der Waals surface area contributed by atoms with Gasteiger partial charge in [-0.2, -0.15) is 0 Å². The van der Waals surface area contributed by atoms with Crippen molar-refractivity contribution >= 4 is 0 Å². The highest BCUT2D eigenvalue weighted by molar-refractivity contribution is 5.37. The van der Waals surface area contributed by atoms with Gasteiger partial charge in [-0.25, -0.2) is 0 Å². The van der Waals surface area contributed by atoms with Gasteiger partial charge in [0.25, 0.3) is 0 Å². The van der Waals surface area contributed by atoms with Gasteiger partial charge in [0.05, 0.1) is 12.7 Å². The first-order chi connectivity index (χ1) is 6.59. The summed E-state index contributed by atoms with van der Waals surface area (Å²) in [6.45, 7) is 7.63. The summed E-state index contributed by atoms with van der Waals surface area (Å²) in [6, 6.07) is 10.6. The van der Waals surface area contributed by atoms with E-state index in [9.17, 15) is 0 Å².